The first-order valence-corrected chi connectivity index (χ1v) is 8.59. The maximum absolute atomic E-state index is 11.8. The molecule has 2 aromatic rings. The molecule has 2 rings (SSSR count). The van der Waals surface area contributed by atoms with Gasteiger partial charge in [-0.05, 0) is 29.8 Å². The van der Waals surface area contributed by atoms with Gasteiger partial charge < -0.3 is 20.5 Å². The number of aliphatic hydroxyl groups excluding tert-OH is 1. The van der Waals surface area contributed by atoms with Crippen LogP contribution in [0.4, 0.5) is 0 Å². The molecule has 0 aliphatic carbocycles. The number of para-hydroxylation sites is 1. The SMILES string of the molecule is O=C(Cc1ccc(Cl)cc1)NCCNC[C@H](O)COc1ccccc1. The summed E-state index contributed by atoms with van der Waals surface area (Å²) in [6.07, 6.45) is -0.282. The molecule has 0 spiro atoms. The third-order valence-electron chi connectivity index (χ3n) is 3.47. The van der Waals surface area contributed by atoms with Gasteiger partial charge in [0.2, 0.25) is 5.91 Å². The molecule has 0 heterocycles. The number of hydrogen-bond donors (Lipinski definition) is 3. The zero-order chi connectivity index (χ0) is 17.9. The van der Waals surface area contributed by atoms with Crippen molar-refractivity contribution in [3.63, 3.8) is 0 Å². The Kier molecular flexibility index (Phi) is 8.25. The highest BCUT2D eigenvalue weighted by atomic mass is 35.5. The molecular formula is C19H23ClN2O3. The number of aliphatic hydroxyl groups is 1. The van der Waals surface area contributed by atoms with Crippen LogP contribution in [-0.2, 0) is 11.2 Å². The van der Waals surface area contributed by atoms with Crippen molar-refractivity contribution in [2.24, 2.45) is 0 Å². The summed E-state index contributed by atoms with van der Waals surface area (Å²) in [5, 5.41) is 16.4. The van der Waals surface area contributed by atoms with E-state index in [1.807, 2.05) is 42.5 Å². The first-order chi connectivity index (χ1) is 12.1. The number of benzene rings is 2. The van der Waals surface area contributed by atoms with Gasteiger partial charge in [-0.15, -0.1) is 0 Å². The fraction of sp³-hybridized carbons (Fsp3) is 0.316. The van der Waals surface area contributed by atoms with Gasteiger partial charge >= 0.3 is 0 Å². The molecule has 6 heteroatoms. The van der Waals surface area contributed by atoms with Crippen LogP contribution >= 0.6 is 11.6 Å². The minimum Gasteiger partial charge on any atom is -0.491 e. The second-order valence-corrected chi connectivity index (χ2v) is 6.07. The van der Waals surface area contributed by atoms with Crippen LogP contribution in [0.5, 0.6) is 5.75 Å². The van der Waals surface area contributed by atoms with E-state index in [9.17, 15) is 9.90 Å². The van der Waals surface area contributed by atoms with Crippen molar-refractivity contribution in [2.45, 2.75) is 12.5 Å². The van der Waals surface area contributed by atoms with Crippen LogP contribution in [0, 0.1) is 0 Å². The summed E-state index contributed by atoms with van der Waals surface area (Å²) >= 11 is 5.81. The maximum Gasteiger partial charge on any atom is 0.224 e. The van der Waals surface area contributed by atoms with Gasteiger partial charge in [-0.3, -0.25) is 4.79 Å². The van der Waals surface area contributed by atoms with Gasteiger partial charge in [-0.2, -0.15) is 0 Å². The van der Waals surface area contributed by atoms with E-state index in [0.29, 0.717) is 31.1 Å². The molecule has 0 bridgehead atoms. The highest BCUT2D eigenvalue weighted by molar-refractivity contribution is 6.30. The number of rotatable bonds is 10. The third-order valence-corrected chi connectivity index (χ3v) is 3.72. The second kappa shape index (κ2) is 10.7. The predicted octanol–water partition coefficient (Wildman–Crippen LogP) is 2.03. The highest BCUT2D eigenvalue weighted by Crippen LogP contribution is 2.10. The van der Waals surface area contributed by atoms with Crippen molar-refractivity contribution in [2.75, 3.05) is 26.2 Å². The summed E-state index contributed by atoms with van der Waals surface area (Å²) in [7, 11) is 0. The minimum absolute atomic E-state index is 0.0444. The molecule has 3 N–H and O–H groups in total. The molecule has 1 amide bonds. The lowest BCUT2D eigenvalue weighted by Gasteiger charge is -2.13. The summed E-state index contributed by atoms with van der Waals surface area (Å²) in [6.45, 7) is 1.70. The number of ether oxygens (including phenoxy) is 1. The van der Waals surface area contributed by atoms with Gasteiger partial charge in [0.25, 0.3) is 0 Å². The van der Waals surface area contributed by atoms with Crippen molar-refractivity contribution < 1.29 is 14.6 Å². The highest BCUT2D eigenvalue weighted by Gasteiger charge is 2.06. The lowest BCUT2D eigenvalue weighted by atomic mass is 10.1. The average molecular weight is 363 g/mol. The Balaban J connectivity index is 1.52. The smallest absolute Gasteiger partial charge is 0.224 e. The second-order valence-electron chi connectivity index (χ2n) is 5.64. The monoisotopic (exact) mass is 362 g/mol. The van der Waals surface area contributed by atoms with Gasteiger partial charge in [0, 0.05) is 24.7 Å². The van der Waals surface area contributed by atoms with Crippen LogP contribution in [-0.4, -0.2) is 43.4 Å². The molecule has 25 heavy (non-hydrogen) atoms. The molecule has 134 valence electrons. The zero-order valence-electron chi connectivity index (χ0n) is 14.0. The molecule has 5 nitrogen and oxygen atoms in total. The molecule has 0 saturated heterocycles. The van der Waals surface area contributed by atoms with E-state index < -0.39 is 6.10 Å². The van der Waals surface area contributed by atoms with E-state index in [1.54, 1.807) is 12.1 Å². The number of halogens is 1. The summed E-state index contributed by atoms with van der Waals surface area (Å²) < 4.78 is 5.47. The molecule has 1 atom stereocenters. The van der Waals surface area contributed by atoms with Crippen molar-refractivity contribution in [1.82, 2.24) is 10.6 Å². The van der Waals surface area contributed by atoms with Crippen molar-refractivity contribution in [3.05, 3.63) is 65.2 Å². The van der Waals surface area contributed by atoms with Crippen molar-refractivity contribution in [3.8, 4) is 5.75 Å². The molecule has 0 unspecified atom stereocenters. The van der Waals surface area contributed by atoms with E-state index in [2.05, 4.69) is 10.6 Å². The Morgan fingerprint density at radius 3 is 2.52 bits per heavy atom. The molecule has 0 radical (unpaired) electrons. The van der Waals surface area contributed by atoms with Crippen LogP contribution in [0.15, 0.2) is 54.6 Å². The number of carbonyl (C=O) groups excluding carboxylic acids is 1. The number of hydrogen-bond acceptors (Lipinski definition) is 4. The Hall–Kier alpha value is -2.08. The summed E-state index contributed by atoms with van der Waals surface area (Å²) in [6, 6.07) is 16.6. The number of carbonyl (C=O) groups is 1. The molecule has 0 saturated carbocycles. The van der Waals surface area contributed by atoms with Crippen LogP contribution in [0.2, 0.25) is 5.02 Å². The summed E-state index contributed by atoms with van der Waals surface area (Å²) in [5.41, 5.74) is 0.920. The Morgan fingerprint density at radius 2 is 1.80 bits per heavy atom. The Labute approximate surface area is 153 Å². The van der Waals surface area contributed by atoms with Crippen molar-refractivity contribution >= 4 is 17.5 Å². The quantitative estimate of drug-likeness (QED) is 0.566. The lowest BCUT2D eigenvalue weighted by molar-refractivity contribution is -0.120. The maximum atomic E-state index is 11.8. The van der Waals surface area contributed by atoms with E-state index in [0.717, 1.165) is 11.3 Å². The molecule has 0 aromatic heterocycles. The molecule has 0 aliphatic rings. The average Bonchev–Trinajstić information content (AvgIpc) is 2.62. The molecule has 0 aliphatic heterocycles. The van der Waals surface area contributed by atoms with Gasteiger partial charge in [-0.1, -0.05) is 41.9 Å². The Bertz CT molecular complexity index is 635. The van der Waals surface area contributed by atoms with E-state index >= 15 is 0 Å². The number of amides is 1. The van der Waals surface area contributed by atoms with Gasteiger partial charge in [0.05, 0.1) is 6.42 Å². The molecular weight excluding hydrogens is 340 g/mol. The fourth-order valence-electron chi connectivity index (χ4n) is 2.18. The van der Waals surface area contributed by atoms with Gasteiger partial charge in [0.1, 0.15) is 18.5 Å². The zero-order valence-corrected chi connectivity index (χ0v) is 14.7. The van der Waals surface area contributed by atoms with Crippen LogP contribution < -0.4 is 15.4 Å². The first kappa shape index (κ1) is 19.2. The summed E-state index contributed by atoms with van der Waals surface area (Å²) in [4.78, 5) is 11.8. The third kappa shape index (κ3) is 8.03. The Morgan fingerprint density at radius 1 is 1.08 bits per heavy atom. The van der Waals surface area contributed by atoms with Gasteiger partial charge in [-0.25, -0.2) is 0 Å². The summed E-state index contributed by atoms with van der Waals surface area (Å²) in [5.74, 6) is 0.688. The minimum atomic E-state index is -0.607. The standard InChI is InChI=1S/C19H23ClN2O3/c20-16-8-6-15(7-9-16)12-19(24)22-11-10-21-13-17(23)14-25-18-4-2-1-3-5-18/h1-9,17,21,23H,10-14H2,(H,22,24)/t17-/m0/s1. The number of nitrogens with one attached hydrogen (secondary N) is 2. The van der Waals surface area contributed by atoms with Crippen LogP contribution in [0.1, 0.15) is 5.56 Å². The molecule has 0 fully saturated rings. The van der Waals surface area contributed by atoms with E-state index in [4.69, 9.17) is 16.3 Å². The molecule has 2 aromatic carbocycles. The first-order valence-electron chi connectivity index (χ1n) is 8.21. The van der Waals surface area contributed by atoms with E-state index in [1.165, 1.54) is 0 Å². The van der Waals surface area contributed by atoms with Gasteiger partial charge in [0.15, 0.2) is 0 Å². The lowest BCUT2D eigenvalue weighted by Crippen LogP contribution is -2.37. The van der Waals surface area contributed by atoms with E-state index in [-0.39, 0.29) is 12.5 Å². The topological polar surface area (TPSA) is 70.6 Å². The predicted molar refractivity (Wildman–Crippen MR) is 99.0 cm³/mol. The normalized spacial score (nSPS) is 11.8. The van der Waals surface area contributed by atoms with Crippen LogP contribution in [0.25, 0.3) is 0 Å². The fourth-order valence-corrected chi connectivity index (χ4v) is 2.30. The van der Waals surface area contributed by atoms with Crippen molar-refractivity contribution in [1.29, 1.82) is 0 Å². The van der Waals surface area contributed by atoms with Crippen LogP contribution in [0.3, 0.4) is 0 Å². The largest absolute Gasteiger partial charge is 0.491 e.